The molecule has 1 aromatic carbocycles. The molecular weight excluding hydrogens is 328 g/mol. The number of nitrogens with zero attached hydrogens (tertiary/aromatic N) is 1. The molecular formula is C14H14BrClN2O. The predicted octanol–water partition coefficient (Wildman–Crippen LogP) is 3.80. The van der Waals surface area contributed by atoms with Crippen molar-refractivity contribution in [3.8, 4) is 5.88 Å². The fourth-order valence-corrected chi connectivity index (χ4v) is 2.24. The van der Waals surface area contributed by atoms with Crippen molar-refractivity contribution in [1.82, 2.24) is 10.3 Å². The van der Waals surface area contributed by atoms with E-state index in [1.807, 2.05) is 31.3 Å². The van der Waals surface area contributed by atoms with E-state index in [0.29, 0.717) is 24.1 Å². The van der Waals surface area contributed by atoms with Gasteiger partial charge in [0.1, 0.15) is 6.61 Å². The zero-order valence-electron chi connectivity index (χ0n) is 10.5. The average Bonchev–Trinajstić information content (AvgIpc) is 2.40. The van der Waals surface area contributed by atoms with Crippen LogP contribution in [0.4, 0.5) is 0 Å². The summed E-state index contributed by atoms with van der Waals surface area (Å²) >= 11 is 9.48. The molecule has 0 aliphatic carbocycles. The number of benzene rings is 1. The summed E-state index contributed by atoms with van der Waals surface area (Å²) in [5.41, 5.74) is 1.87. The average molecular weight is 342 g/mol. The Morgan fingerprint density at radius 2 is 2.16 bits per heavy atom. The zero-order valence-corrected chi connectivity index (χ0v) is 12.8. The molecule has 1 heterocycles. The van der Waals surface area contributed by atoms with Gasteiger partial charge < -0.3 is 10.1 Å². The highest BCUT2D eigenvalue weighted by molar-refractivity contribution is 9.10. The van der Waals surface area contributed by atoms with Crippen LogP contribution in [0.5, 0.6) is 5.88 Å². The van der Waals surface area contributed by atoms with Crippen LogP contribution in [0.25, 0.3) is 0 Å². The van der Waals surface area contributed by atoms with E-state index in [1.54, 1.807) is 12.1 Å². The molecule has 2 aromatic rings. The van der Waals surface area contributed by atoms with Crippen molar-refractivity contribution in [2.24, 2.45) is 0 Å². The van der Waals surface area contributed by atoms with E-state index >= 15 is 0 Å². The third-order valence-electron chi connectivity index (χ3n) is 2.51. The number of aromatic nitrogens is 1. The fraction of sp³-hybridized carbons (Fsp3) is 0.214. The number of nitrogens with one attached hydrogen (secondary N) is 1. The van der Waals surface area contributed by atoms with Gasteiger partial charge in [0.15, 0.2) is 0 Å². The van der Waals surface area contributed by atoms with Gasteiger partial charge in [-0.25, -0.2) is 4.98 Å². The predicted molar refractivity (Wildman–Crippen MR) is 80.5 cm³/mol. The molecule has 0 aliphatic rings. The van der Waals surface area contributed by atoms with Crippen LogP contribution in [-0.4, -0.2) is 12.0 Å². The van der Waals surface area contributed by atoms with E-state index in [0.717, 1.165) is 15.7 Å². The summed E-state index contributed by atoms with van der Waals surface area (Å²) in [5.74, 6) is 0.578. The zero-order chi connectivity index (χ0) is 13.7. The SMILES string of the molecule is CNCc1nc(OCc2cccc(Br)c2)ccc1Cl. The van der Waals surface area contributed by atoms with E-state index in [9.17, 15) is 0 Å². The normalized spacial score (nSPS) is 10.5. The molecule has 1 aromatic heterocycles. The van der Waals surface area contributed by atoms with Gasteiger partial charge >= 0.3 is 0 Å². The Kier molecular flexibility index (Phi) is 5.19. The second kappa shape index (κ2) is 6.89. The highest BCUT2D eigenvalue weighted by Crippen LogP contribution is 2.19. The summed E-state index contributed by atoms with van der Waals surface area (Å²) in [7, 11) is 1.85. The van der Waals surface area contributed by atoms with Crippen LogP contribution >= 0.6 is 27.5 Å². The van der Waals surface area contributed by atoms with Gasteiger partial charge in [0, 0.05) is 17.1 Å². The van der Waals surface area contributed by atoms with E-state index in [1.165, 1.54) is 0 Å². The topological polar surface area (TPSA) is 34.2 Å². The second-order valence-electron chi connectivity index (χ2n) is 4.03. The van der Waals surface area contributed by atoms with Gasteiger partial charge in [-0.1, -0.05) is 39.7 Å². The Hall–Kier alpha value is -1.10. The summed E-state index contributed by atoms with van der Waals surface area (Å²) in [5, 5.41) is 3.67. The molecule has 3 nitrogen and oxygen atoms in total. The number of ether oxygens (including phenoxy) is 1. The Morgan fingerprint density at radius 3 is 2.89 bits per heavy atom. The van der Waals surface area contributed by atoms with Gasteiger partial charge in [-0.3, -0.25) is 0 Å². The molecule has 1 N–H and O–H groups in total. The summed E-state index contributed by atoms with van der Waals surface area (Å²) in [6.45, 7) is 1.10. The lowest BCUT2D eigenvalue weighted by atomic mass is 10.2. The quantitative estimate of drug-likeness (QED) is 0.898. The standard InChI is InChI=1S/C14H14BrClN2O/c1-17-8-13-12(16)5-6-14(18-13)19-9-10-3-2-4-11(15)7-10/h2-7,17H,8-9H2,1H3. The molecule has 0 amide bonds. The minimum absolute atomic E-state index is 0.479. The molecule has 0 saturated heterocycles. The lowest BCUT2D eigenvalue weighted by Crippen LogP contribution is -2.08. The van der Waals surface area contributed by atoms with Gasteiger partial charge in [0.2, 0.25) is 5.88 Å². The minimum Gasteiger partial charge on any atom is -0.473 e. The molecule has 0 unspecified atom stereocenters. The van der Waals surface area contributed by atoms with Crippen LogP contribution in [0.1, 0.15) is 11.3 Å². The smallest absolute Gasteiger partial charge is 0.213 e. The first kappa shape index (κ1) is 14.3. The molecule has 0 fully saturated rings. The van der Waals surface area contributed by atoms with Crippen molar-refractivity contribution in [2.45, 2.75) is 13.2 Å². The van der Waals surface area contributed by atoms with Crippen molar-refractivity contribution in [1.29, 1.82) is 0 Å². The third kappa shape index (κ3) is 4.20. The summed E-state index contributed by atoms with van der Waals surface area (Å²) in [4.78, 5) is 4.37. The number of hydrogen-bond acceptors (Lipinski definition) is 3. The van der Waals surface area contributed by atoms with E-state index in [2.05, 4.69) is 26.2 Å². The molecule has 0 spiro atoms. The largest absolute Gasteiger partial charge is 0.473 e. The Bertz CT molecular complexity index is 563. The summed E-state index contributed by atoms with van der Waals surface area (Å²) < 4.78 is 6.71. The first-order valence-corrected chi connectivity index (χ1v) is 7.03. The molecule has 0 aliphatic heterocycles. The van der Waals surface area contributed by atoms with Crippen LogP contribution in [-0.2, 0) is 13.2 Å². The van der Waals surface area contributed by atoms with E-state index < -0.39 is 0 Å². The maximum absolute atomic E-state index is 6.05. The van der Waals surface area contributed by atoms with Crippen molar-refractivity contribution >= 4 is 27.5 Å². The maximum atomic E-state index is 6.05. The number of pyridine rings is 1. The second-order valence-corrected chi connectivity index (χ2v) is 5.35. The summed E-state index contributed by atoms with van der Waals surface area (Å²) in [6.07, 6.45) is 0. The number of rotatable bonds is 5. The van der Waals surface area contributed by atoms with E-state index in [4.69, 9.17) is 16.3 Å². The van der Waals surface area contributed by atoms with Gasteiger partial charge in [0.25, 0.3) is 0 Å². The van der Waals surface area contributed by atoms with Crippen molar-refractivity contribution < 1.29 is 4.74 Å². The van der Waals surface area contributed by atoms with Crippen LogP contribution in [0, 0.1) is 0 Å². The highest BCUT2D eigenvalue weighted by atomic mass is 79.9. The monoisotopic (exact) mass is 340 g/mol. The fourth-order valence-electron chi connectivity index (χ4n) is 1.62. The molecule has 5 heteroatoms. The molecule has 2 rings (SSSR count). The number of hydrogen-bond donors (Lipinski definition) is 1. The molecule has 0 radical (unpaired) electrons. The van der Waals surface area contributed by atoms with Crippen LogP contribution < -0.4 is 10.1 Å². The van der Waals surface area contributed by atoms with Crippen LogP contribution in [0.3, 0.4) is 0 Å². The molecule has 100 valence electrons. The highest BCUT2D eigenvalue weighted by Gasteiger charge is 2.04. The molecule has 0 atom stereocenters. The Balaban J connectivity index is 2.05. The lowest BCUT2D eigenvalue weighted by molar-refractivity contribution is 0.293. The third-order valence-corrected chi connectivity index (χ3v) is 3.35. The molecule has 0 bridgehead atoms. The summed E-state index contributed by atoms with van der Waals surface area (Å²) in [6, 6.07) is 11.6. The number of halogens is 2. The first-order valence-electron chi connectivity index (χ1n) is 5.86. The first-order chi connectivity index (χ1) is 9.19. The molecule has 19 heavy (non-hydrogen) atoms. The Labute approximate surface area is 126 Å². The maximum Gasteiger partial charge on any atom is 0.213 e. The van der Waals surface area contributed by atoms with E-state index in [-0.39, 0.29) is 0 Å². The van der Waals surface area contributed by atoms with Crippen molar-refractivity contribution in [2.75, 3.05) is 7.05 Å². The van der Waals surface area contributed by atoms with Crippen molar-refractivity contribution in [3.63, 3.8) is 0 Å². The van der Waals surface area contributed by atoms with Gasteiger partial charge in [-0.05, 0) is 30.8 Å². The van der Waals surface area contributed by atoms with Crippen LogP contribution in [0.2, 0.25) is 5.02 Å². The lowest BCUT2D eigenvalue weighted by Gasteiger charge is -2.08. The van der Waals surface area contributed by atoms with Gasteiger partial charge in [-0.15, -0.1) is 0 Å². The minimum atomic E-state index is 0.479. The van der Waals surface area contributed by atoms with Crippen LogP contribution in [0.15, 0.2) is 40.9 Å². The Morgan fingerprint density at radius 1 is 1.32 bits per heavy atom. The van der Waals surface area contributed by atoms with Crippen molar-refractivity contribution in [3.05, 3.63) is 57.2 Å². The van der Waals surface area contributed by atoms with Gasteiger partial charge in [-0.2, -0.15) is 0 Å². The van der Waals surface area contributed by atoms with Gasteiger partial charge in [0.05, 0.1) is 10.7 Å². The molecule has 0 saturated carbocycles.